The van der Waals surface area contributed by atoms with E-state index in [1.165, 1.54) is 19.2 Å². The van der Waals surface area contributed by atoms with E-state index in [0.717, 1.165) is 6.07 Å². The molecule has 1 aliphatic heterocycles. The third kappa shape index (κ3) is 3.37. The zero-order valence-electron chi connectivity index (χ0n) is 11.8. The molecule has 0 saturated carbocycles. The van der Waals surface area contributed by atoms with Crippen molar-refractivity contribution in [1.82, 2.24) is 5.32 Å². The number of carbonyl (C=O) groups excluding carboxylic acids is 2. The molecule has 2 atom stereocenters. The Hall–Kier alpha value is -1.99. The summed E-state index contributed by atoms with van der Waals surface area (Å²) >= 11 is 0. The molecule has 1 saturated heterocycles. The fourth-order valence-electron chi connectivity index (χ4n) is 2.20. The Bertz CT molecular complexity index is 550. The fraction of sp³-hybridized carbons (Fsp3) is 0.429. The van der Waals surface area contributed by atoms with Crippen LogP contribution in [-0.2, 0) is 14.3 Å². The number of amides is 1. The van der Waals surface area contributed by atoms with Crippen LogP contribution in [0.1, 0.15) is 10.4 Å². The highest BCUT2D eigenvalue weighted by Gasteiger charge is 2.33. The Kier molecular flexibility index (Phi) is 4.87. The number of halogens is 1. The second-order valence-electron chi connectivity index (χ2n) is 4.71. The highest BCUT2D eigenvalue weighted by Crippen LogP contribution is 2.19. The van der Waals surface area contributed by atoms with Gasteiger partial charge in [0.15, 0.2) is 0 Å². The fourth-order valence-corrected chi connectivity index (χ4v) is 2.20. The summed E-state index contributed by atoms with van der Waals surface area (Å²) in [5, 5.41) is 5.67. The third-order valence-electron chi connectivity index (χ3n) is 3.43. The van der Waals surface area contributed by atoms with Gasteiger partial charge in [0.25, 0.3) is 0 Å². The summed E-state index contributed by atoms with van der Waals surface area (Å²) in [5.41, 5.74) is 0.117. The van der Waals surface area contributed by atoms with E-state index < -0.39 is 11.8 Å². The van der Waals surface area contributed by atoms with Crippen LogP contribution in [-0.4, -0.2) is 45.3 Å². The zero-order chi connectivity index (χ0) is 15.4. The Morgan fingerprint density at radius 2 is 2.14 bits per heavy atom. The van der Waals surface area contributed by atoms with Crippen LogP contribution in [0, 0.1) is 11.7 Å². The average Bonchev–Trinajstić information content (AvgIpc) is 2.97. The average molecular weight is 296 g/mol. The summed E-state index contributed by atoms with van der Waals surface area (Å²) < 4.78 is 23.3. The number of nitrogens with one attached hydrogen (secondary N) is 2. The quantitative estimate of drug-likeness (QED) is 0.803. The zero-order valence-corrected chi connectivity index (χ0v) is 11.8. The summed E-state index contributed by atoms with van der Waals surface area (Å²) in [5.74, 6) is -2.06. The number of ether oxygens (including phenoxy) is 2. The van der Waals surface area contributed by atoms with E-state index in [9.17, 15) is 14.0 Å². The smallest absolute Gasteiger partial charge is 0.340 e. The maximum atomic E-state index is 13.5. The van der Waals surface area contributed by atoms with Gasteiger partial charge in [0.05, 0.1) is 31.8 Å². The normalized spacial score (nSPS) is 21.1. The summed E-state index contributed by atoms with van der Waals surface area (Å²) in [6.45, 7) is 0.786. The van der Waals surface area contributed by atoms with Crippen LogP contribution in [0.4, 0.5) is 10.1 Å². The number of benzene rings is 1. The number of hydrogen-bond acceptors (Lipinski definition) is 5. The SMILES string of the molecule is CNC1COCC1C(=O)Nc1ccc(F)c(C(=O)OC)c1. The summed E-state index contributed by atoms with van der Waals surface area (Å²) in [4.78, 5) is 23.6. The lowest BCUT2D eigenvalue weighted by Crippen LogP contribution is -2.39. The van der Waals surface area contributed by atoms with E-state index in [2.05, 4.69) is 15.4 Å². The van der Waals surface area contributed by atoms with E-state index in [0.29, 0.717) is 18.9 Å². The molecular formula is C14H17FN2O4. The van der Waals surface area contributed by atoms with Gasteiger partial charge < -0.3 is 20.1 Å². The molecule has 6 nitrogen and oxygen atoms in total. The number of hydrogen-bond donors (Lipinski definition) is 2. The van der Waals surface area contributed by atoms with Gasteiger partial charge in [0.1, 0.15) is 5.82 Å². The minimum Gasteiger partial charge on any atom is -0.465 e. The molecule has 2 rings (SSSR count). The first-order valence-electron chi connectivity index (χ1n) is 6.50. The van der Waals surface area contributed by atoms with Gasteiger partial charge in [-0.1, -0.05) is 0 Å². The molecule has 1 amide bonds. The molecule has 2 unspecified atom stereocenters. The van der Waals surface area contributed by atoms with Crippen LogP contribution < -0.4 is 10.6 Å². The molecule has 1 heterocycles. The number of carbonyl (C=O) groups is 2. The number of anilines is 1. The van der Waals surface area contributed by atoms with Crippen molar-refractivity contribution in [3.8, 4) is 0 Å². The molecule has 2 N–H and O–H groups in total. The van der Waals surface area contributed by atoms with Crippen molar-refractivity contribution in [2.45, 2.75) is 6.04 Å². The lowest BCUT2D eigenvalue weighted by molar-refractivity contribution is -0.120. The Morgan fingerprint density at radius 3 is 2.81 bits per heavy atom. The van der Waals surface area contributed by atoms with Gasteiger partial charge in [0.2, 0.25) is 5.91 Å². The molecule has 0 spiro atoms. The molecular weight excluding hydrogens is 279 g/mol. The van der Waals surface area contributed by atoms with Crippen molar-refractivity contribution in [1.29, 1.82) is 0 Å². The molecule has 1 aliphatic rings. The summed E-state index contributed by atoms with van der Waals surface area (Å²) in [6, 6.07) is 3.70. The van der Waals surface area contributed by atoms with Crippen LogP contribution in [0.15, 0.2) is 18.2 Å². The van der Waals surface area contributed by atoms with Gasteiger partial charge in [-0.3, -0.25) is 4.79 Å². The molecule has 0 bridgehead atoms. The van der Waals surface area contributed by atoms with Crippen LogP contribution in [0.25, 0.3) is 0 Å². The second kappa shape index (κ2) is 6.64. The van der Waals surface area contributed by atoms with E-state index in [-0.39, 0.29) is 23.4 Å². The number of esters is 1. The maximum absolute atomic E-state index is 13.5. The minimum absolute atomic E-state index is 0.0643. The molecule has 1 aromatic rings. The highest BCUT2D eigenvalue weighted by atomic mass is 19.1. The van der Waals surface area contributed by atoms with Crippen molar-refractivity contribution in [2.24, 2.45) is 5.92 Å². The first-order valence-corrected chi connectivity index (χ1v) is 6.50. The molecule has 0 aliphatic carbocycles. The van der Waals surface area contributed by atoms with Crippen molar-refractivity contribution < 1.29 is 23.5 Å². The number of methoxy groups -OCH3 is 1. The summed E-state index contributed by atoms with van der Waals surface area (Å²) in [7, 11) is 2.92. The predicted molar refractivity (Wildman–Crippen MR) is 73.5 cm³/mol. The predicted octanol–water partition coefficient (Wildman–Crippen LogP) is 0.785. The van der Waals surface area contributed by atoms with Crippen LogP contribution in [0.5, 0.6) is 0 Å². The highest BCUT2D eigenvalue weighted by molar-refractivity contribution is 5.96. The Balaban J connectivity index is 2.12. The monoisotopic (exact) mass is 296 g/mol. The van der Waals surface area contributed by atoms with E-state index in [1.54, 1.807) is 7.05 Å². The molecule has 21 heavy (non-hydrogen) atoms. The first-order chi connectivity index (χ1) is 10.1. The molecule has 0 aromatic heterocycles. The van der Waals surface area contributed by atoms with Gasteiger partial charge in [0, 0.05) is 11.7 Å². The van der Waals surface area contributed by atoms with Crippen molar-refractivity contribution in [3.63, 3.8) is 0 Å². The Morgan fingerprint density at radius 1 is 1.38 bits per heavy atom. The van der Waals surface area contributed by atoms with Gasteiger partial charge in [-0.25, -0.2) is 9.18 Å². The molecule has 1 aromatic carbocycles. The lowest BCUT2D eigenvalue weighted by Gasteiger charge is -2.16. The van der Waals surface area contributed by atoms with Gasteiger partial charge in [-0.15, -0.1) is 0 Å². The first kappa shape index (κ1) is 15.4. The van der Waals surface area contributed by atoms with E-state index in [1.807, 2.05) is 0 Å². The molecule has 0 radical (unpaired) electrons. The van der Waals surface area contributed by atoms with Crippen molar-refractivity contribution >= 4 is 17.6 Å². The van der Waals surface area contributed by atoms with Gasteiger partial charge in [-0.2, -0.15) is 0 Å². The second-order valence-corrected chi connectivity index (χ2v) is 4.71. The van der Waals surface area contributed by atoms with E-state index in [4.69, 9.17) is 4.74 Å². The summed E-state index contributed by atoms with van der Waals surface area (Å²) in [6.07, 6.45) is 0. The third-order valence-corrected chi connectivity index (χ3v) is 3.43. The minimum atomic E-state index is -0.791. The van der Waals surface area contributed by atoms with Crippen molar-refractivity contribution in [3.05, 3.63) is 29.6 Å². The molecule has 114 valence electrons. The van der Waals surface area contributed by atoms with Crippen molar-refractivity contribution in [2.75, 3.05) is 32.7 Å². The van der Waals surface area contributed by atoms with Crippen LogP contribution in [0.3, 0.4) is 0 Å². The standard InChI is InChI=1S/C14H17FN2O4/c1-16-12-7-21-6-10(12)13(18)17-8-3-4-11(15)9(5-8)14(19)20-2/h3-5,10,12,16H,6-7H2,1-2H3,(H,17,18). The van der Waals surface area contributed by atoms with E-state index >= 15 is 0 Å². The topological polar surface area (TPSA) is 76.7 Å². The Labute approximate surface area is 121 Å². The van der Waals surface area contributed by atoms with Gasteiger partial charge >= 0.3 is 5.97 Å². The largest absolute Gasteiger partial charge is 0.465 e. The van der Waals surface area contributed by atoms with Gasteiger partial charge in [-0.05, 0) is 25.2 Å². The maximum Gasteiger partial charge on any atom is 0.340 e. The number of rotatable bonds is 4. The molecule has 1 fully saturated rings. The number of likely N-dealkylation sites (N-methyl/N-ethyl adjacent to an activating group) is 1. The van der Waals surface area contributed by atoms with Crippen LogP contribution in [0.2, 0.25) is 0 Å². The molecule has 7 heteroatoms. The lowest BCUT2D eigenvalue weighted by atomic mass is 10.0. The van der Waals surface area contributed by atoms with Crippen LogP contribution >= 0.6 is 0 Å².